The SMILES string of the molecule is CCOC(=O)COc1cc(C)nc2c(C)c(C)ccc12. The number of hydrogen-bond acceptors (Lipinski definition) is 4. The first kappa shape index (κ1) is 14.3. The number of carbonyl (C=O) groups is 1. The first-order valence-corrected chi connectivity index (χ1v) is 6.69. The van der Waals surface area contributed by atoms with Crippen molar-refractivity contribution in [2.45, 2.75) is 27.7 Å². The summed E-state index contributed by atoms with van der Waals surface area (Å²) in [6.07, 6.45) is 0. The molecule has 0 radical (unpaired) electrons. The Bertz CT molecular complexity index is 650. The molecule has 0 fully saturated rings. The van der Waals surface area contributed by atoms with Gasteiger partial charge in [-0.15, -0.1) is 0 Å². The fraction of sp³-hybridized carbons (Fsp3) is 0.375. The molecule has 0 aliphatic heterocycles. The van der Waals surface area contributed by atoms with Crippen molar-refractivity contribution in [3.05, 3.63) is 35.0 Å². The lowest BCUT2D eigenvalue weighted by molar-refractivity contribution is -0.145. The summed E-state index contributed by atoms with van der Waals surface area (Å²) in [6, 6.07) is 5.85. The van der Waals surface area contributed by atoms with Crippen molar-refractivity contribution in [2.24, 2.45) is 0 Å². The molecule has 1 aromatic heterocycles. The van der Waals surface area contributed by atoms with Crippen LogP contribution in [-0.2, 0) is 9.53 Å². The highest BCUT2D eigenvalue weighted by atomic mass is 16.6. The van der Waals surface area contributed by atoms with Crippen LogP contribution in [0.25, 0.3) is 10.9 Å². The van der Waals surface area contributed by atoms with E-state index in [1.807, 2.05) is 32.0 Å². The van der Waals surface area contributed by atoms with E-state index in [0.29, 0.717) is 12.4 Å². The lowest BCUT2D eigenvalue weighted by atomic mass is 10.0. The molecule has 0 aliphatic rings. The van der Waals surface area contributed by atoms with Crippen LogP contribution in [-0.4, -0.2) is 24.2 Å². The van der Waals surface area contributed by atoms with Crippen molar-refractivity contribution in [3.8, 4) is 5.75 Å². The fourth-order valence-electron chi connectivity index (χ4n) is 2.08. The second kappa shape index (κ2) is 5.90. The molecule has 0 aliphatic carbocycles. The topological polar surface area (TPSA) is 48.4 Å². The predicted octanol–water partition coefficient (Wildman–Crippen LogP) is 3.10. The molecule has 0 saturated carbocycles. The number of ether oxygens (including phenoxy) is 2. The van der Waals surface area contributed by atoms with E-state index in [9.17, 15) is 4.79 Å². The third-order valence-corrected chi connectivity index (χ3v) is 3.25. The Morgan fingerprint density at radius 2 is 2.00 bits per heavy atom. The molecule has 20 heavy (non-hydrogen) atoms. The van der Waals surface area contributed by atoms with Crippen LogP contribution in [0, 0.1) is 20.8 Å². The van der Waals surface area contributed by atoms with E-state index in [2.05, 4.69) is 11.9 Å². The molecule has 4 heteroatoms. The van der Waals surface area contributed by atoms with Crippen LogP contribution in [0.2, 0.25) is 0 Å². The van der Waals surface area contributed by atoms with Crippen molar-refractivity contribution in [2.75, 3.05) is 13.2 Å². The van der Waals surface area contributed by atoms with E-state index in [1.165, 1.54) is 5.56 Å². The van der Waals surface area contributed by atoms with Crippen LogP contribution in [0.3, 0.4) is 0 Å². The molecule has 0 saturated heterocycles. The van der Waals surface area contributed by atoms with E-state index in [1.54, 1.807) is 6.92 Å². The molecule has 106 valence electrons. The van der Waals surface area contributed by atoms with E-state index >= 15 is 0 Å². The highest BCUT2D eigenvalue weighted by Crippen LogP contribution is 2.29. The number of hydrogen-bond donors (Lipinski definition) is 0. The first-order chi connectivity index (χ1) is 9.52. The van der Waals surface area contributed by atoms with Crippen molar-refractivity contribution in [1.82, 2.24) is 4.98 Å². The van der Waals surface area contributed by atoms with E-state index in [0.717, 1.165) is 22.2 Å². The van der Waals surface area contributed by atoms with Gasteiger partial charge in [-0.3, -0.25) is 4.98 Å². The van der Waals surface area contributed by atoms with Gasteiger partial charge in [0.05, 0.1) is 12.1 Å². The minimum atomic E-state index is -0.362. The van der Waals surface area contributed by atoms with Crippen LogP contribution < -0.4 is 4.74 Å². The highest BCUT2D eigenvalue weighted by Gasteiger charge is 2.11. The molecule has 0 bridgehead atoms. The van der Waals surface area contributed by atoms with Gasteiger partial charge in [-0.25, -0.2) is 4.79 Å². The Labute approximate surface area is 118 Å². The summed E-state index contributed by atoms with van der Waals surface area (Å²) >= 11 is 0. The quantitative estimate of drug-likeness (QED) is 0.803. The summed E-state index contributed by atoms with van der Waals surface area (Å²) in [6.45, 7) is 8.06. The van der Waals surface area contributed by atoms with E-state index < -0.39 is 0 Å². The zero-order valence-electron chi connectivity index (χ0n) is 12.3. The van der Waals surface area contributed by atoms with Gasteiger partial charge < -0.3 is 9.47 Å². The summed E-state index contributed by atoms with van der Waals surface area (Å²) in [4.78, 5) is 16.0. The van der Waals surface area contributed by atoms with Crippen LogP contribution in [0.5, 0.6) is 5.75 Å². The summed E-state index contributed by atoms with van der Waals surface area (Å²) < 4.78 is 10.5. The van der Waals surface area contributed by atoms with Gasteiger partial charge in [0.2, 0.25) is 0 Å². The van der Waals surface area contributed by atoms with Gasteiger partial charge in [0.25, 0.3) is 0 Å². The Morgan fingerprint density at radius 1 is 1.25 bits per heavy atom. The number of fused-ring (bicyclic) bond motifs is 1. The third-order valence-electron chi connectivity index (χ3n) is 3.25. The van der Waals surface area contributed by atoms with Crippen molar-refractivity contribution < 1.29 is 14.3 Å². The van der Waals surface area contributed by atoms with Gasteiger partial charge in [-0.1, -0.05) is 6.07 Å². The molecule has 0 N–H and O–H groups in total. The maximum absolute atomic E-state index is 11.4. The number of benzene rings is 1. The summed E-state index contributed by atoms with van der Waals surface area (Å²) in [5, 5.41) is 0.919. The number of aryl methyl sites for hydroxylation is 3. The molecule has 2 rings (SSSR count). The Hall–Kier alpha value is -2.10. The van der Waals surface area contributed by atoms with Crippen LogP contribution in [0.15, 0.2) is 18.2 Å². The fourth-order valence-corrected chi connectivity index (χ4v) is 2.08. The summed E-state index contributed by atoms with van der Waals surface area (Å²) in [7, 11) is 0. The predicted molar refractivity (Wildman–Crippen MR) is 78.1 cm³/mol. The van der Waals surface area contributed by atoms with Crippen LogP contribution in [0.1, 0.15) is 23.7 Å². The van der Waals surface area contributed by atoms with Crippen molar-refractivity contribution in [1.29, 1.82) is 0 Å². The average molecular weight is 273 g/mol. The van der Waals surface area contributed by atoms with Gasteiger partial charge in [0.15, 0.2) is 6.61 Å². The largest absolute Gasteiger partial charge is 0.481 e. The van der Waals surface area contributed by atoms with Crippen LogP contribution in [0.4, 0.5) is 0 Å². The number of rotatable bonds is 4. The molecular formula is C16H19NO3. The normalized spacial score (nSPS) is 10.6. The number of aromatic nitrogens is 1. The maximum atomic E-state index is 11.4. The standard InChI is InChI=1S/C16H19NO3/c1-5-19-15(18)9-20-14-8-11(3)17-16-12(4)10(2)6-7-13(14)16/h6-8H,5,9H2,1-4H3. The molecule has 0 atom stereocenters. The molecule has 1 aromatic carbocycles. The number of nitrogens with zero attached hydrogens (tertiary/aromatic N) is 1. The maximum Gasteiger partial charge on any atom is 0.344 e. The second-order valence-electron chi connectivity index (χ2n) is 4.76. The molecule has 0 amide bonds. The van der Waals surface area contributed by atoms with Gasteiger partial charge in [0.1, 0.15) is 5.75 Å². The van der Waals surface area contributed by atoms with E-state index in [4.69, 9.17) is 9.47 Å². The van der Waals surface area contributed by atoms with Crippen molar-refractivity contribution in [3.63, 3.8) is 0 Å². The van der Waals surface area contributed by atoms with Gasteiger partial charge >= 0.3 is 5.97 Å². The molecule has 4 nitrogen and oxygen atoms in total. The summed E-state index contributed by atoms with van der Waals surface area (Å²) in [5.74, 6) is 0.308. The smallest absolute Gasteiger partial charge is 0.344 e. The molecule has 2 aromatic rings. The molecule has 1 heterocycles. The van der Waals surface area contributed by atoms with Gasteiger partial charge in [-0.2, -0.15) is 0 Å². The number of pyridine rings is 1. The van der Waals surface area contributed by atoms with Crippen LogP contribution >= 0.6 is 0 Å². The molecule has 0 spiro atoms. The Morgan fingerprint density at radius 3 is 2.70 bits per heavy atom. The average Bonchev–Trinajstić information content (AvgIpc) is 2.41. The zero-order chi connectivity index (χ0) is 14.7. The lowest BCUT2D eigenvalue weighted by Crippen LogP contribution is -2.14. The highest BCUT2D eigenvalue weighted by molar-refractivity contribution is 5.88. The Balaban J connectivity index is 2.38. The number of carbonyl (C=O) groups excluding carboxylic acids is 1. The Kier molecular flexibility index (Phi) is 4.23. The zero-order valence-corrected chi connectivity index (χ0v) is 12.3. The minimum absolute atomic E-state index is 0.0840. The van der Waals surface area contributed by atoms with Gasteiger partial charge in [-0.05, 0) is 44.9 Å². The van der Waals surface area contributed by atoms with Crippen molar-refractivity contribution >= 4 is 16.9 Å². The molecular weight excluding hydrogens is 254 g/mol. The van der Waals surface area contributed by atoms with E-state index in [-0.39, 0.29) is 12.6 Å². The second-order valence-corrected chi connectivity index (χ2v) is 4.76. The lowest BCUT2D eigenvalue weighted by Gasteiger charge is -2.12. The number of esters is 1. The minimum Gasteiger partial charge on any atom is -0.481 e. The first-order valence-electron chi connectivity index (χ1n) is 6.69. The summed E-state index contributed by atoms with van der Waals surface area (Å²) in [5.41, 5.74) is 4.10. The monoisotopic (exact) mass is 273 g/mol. The van der Waals surface area contributed by atoms with Gasteiger partial charge in [0, 0.05) is 17.1 Å². The third kappa shape index (κ3) is 2.90. The molecule has 0 unspecified atom stereocenters.